The first-order chi connectivity index (χ1) is 15.8. The van der Waals surface area contributed by atoms with Gasteiger partial charge in [-0.15, -0.1) is 0 Å². The van der Waals surface area contributed by atoms with E-state index in [1.807, 2.05) is 33.7 Å². The Morgan fingerprint density at radius 3 is 2.42 bits per heavy atom. The van der Waals surface area contributed by atoms with E-state index in [0.717, 1.165) is 43.2 Å². The molecule has 10 heteroatoms. The maximum Gasteiger partial charge on any atom is 0.393 e. The number of rotatable bonds is 6. The zero-order valence-electron chi connectivity index (χ0n) is 19.2. The van der Waals surface area contributed by atoms with Crippen molar-refractivity contribution in [2.75, 3.05) is 33.3 Å². The molecule has 6 nitrogen and oxygen atoms in total. The van der Waals surface area contributed by atoms with Crippen molar-refractivity contribution in [3.63, 3.8) is 0 Å². The topological polar surface area (TPSA) is 38.5 Å². The molecule has 2 aromatic rings. The van der Waals surface area contributed by atoms with Gasteiger partial charge in [0.2, 0.25) is 4.77 Å². The minimum atomic E-state index is -4.17. The third-order valence-corrected chi connectivity index (χ3v) is 7.20. The van der Waals surface area contributed by atoms with E-state index in [1.165, 1.54) is 6.42 Å². The summed E-state index contributed by atoms with van der Waals surface area (Å²) in [5.74, 6) is 0.266. The van der Waals surface area contributed by atoms with Crippen molar-refractivity contribution in [3.8, 4) is 11.4 Å². The monoisotopic (exact) mass is 483 g/mol. The van der Waals surface area contributed by atoms with Crippen LogP contribution in [0.5, 0.6) is 5.75 Å². The van der Waals surface area contributed by atoms with Crippen LogP contribution in [0.2, 0.25) is 0 Å². The number of likely N-dealkylation sites (tertiary alicyclic amines) is 2. The number of halogens is 3. The van der Waals surface area contributed by atoms with Crippen LogP contribution in [0.4, 0.5) is 13.2 Å². The average molecular weight is 484 g/mol. The van der Waals surface area contributed by atoms with Gasteiger partial charge in [0.15, 0.2) is 5.82 Å². The Balaban J connectivity index is 1.66. The summed E-state index contributed by atoms with van der Waals surface area (Å²) < 4.78 is 49.3. The Hall–Kier alpha value is -1.91. The molecule has 1 aromatic heterocycles. The van der Waals surface area contributed by atoms with Crippen LogP contribution < -0.4 is 4.74 Å². The van der Waals surface area contributed by atoms with Crippen molar-refractivity contribution >= 4 is 12.2 Å². The first-order valence-corrected chi connectivity index (χ1v) is 12.1. The molecule has 0 saturated carbocycles. The molecule has 33 heavy (non-hydrogen) atoms. The number of hydrogen-bond donors (Lipinski definition) is 0. The molecule has 4 rings (SSSR count). The molecule has 2 unspecified atom stereocenters. The summed E-state index contributed by atoms with van der Waals surface area (Å²) >= 11 is 5.81. The summed E-state index contributed by atoms with van der Waals surface area (Å²) in [5.41, 5.74) is 0.873. The van der Waals surface area contributed by atoms with E-state index in [9.17, 15) is 13.2 Å². The molecule has 2 fully saturated rings. The Morgan fingerprint density at radius 2 is 1.79 bits per heavy atom. The van der Waals surface area contributed by atoms with Gasteiger partial charge < -0.3 is 4.74 Å². The number of hydrogen-bond acceptors (Lipinski definition) is 5. The van der Waals surface area contributed by atoms with E-state index >= 15 is 0 Å². The van der Waals surface area contributed by atoms with Crippen molar-refractivity contribution in [3.05, 3.63) is 34.9 Å². The molecule has 2 aliphatic rings. The lowest BCUT2D eigenvalue weighted by Gasteiger charge is -2.33. The fourth-order valence-corrected chi connectivity index (χ4v) is 5.17. The standard InChI is InChI=1S/C23H32F3N5OS/c1-17(29-13-4-3-5-14-29)21-27-30(16-28-12-6-7-18(15-28)23(24,25)26)22(33)31(21)19-8-10-20(32-2)11-9-19/h8-11,17-18H,3-7,12-16H2,1-2H3. The molecular weight excluding hydrogens is 451 g/mol. The Morgan fingerprint density at radius 1 is 1.09 bits per heavy atom. The van der Waals surface area contributed by atoms with E-state index in [2.05, 4.69) is 11.8 Å². The van der Waals surface area contributed by atoms with E-state index in [0.29, 0.717) is 17.7 Å². The van der Waals surface area contributed by atoms with E-state index in [4.69, 9.17) is 22.1 Å². The molecule has 0 bridgehead atoms. The molecule has 2 saturated heterocycles. The van der Waals surface area contributed by atoms with Crippen molar-refractivity contribution in [2.45, 2.75) is 57.9 Å². The quantitative estimate of drug-likeness (QED) is 0.529. The zero-order chi connectivity index (χ0) is 23.6. The number of ether oxygens (including phenoxy) is 1. The lowest BCUT2D eigenvalue weighted by atomic mass is 9.98. The van der Waals surface area contributed by atoms with Crippen LogP contribution >= 0.6 is 12.2 Å². The maximum absolute atomic E-state index is 13.3. The first-order valence-electron chi connectivity index (χ1n) is 11.6. The molecular formula is C23H32F3N5OS. The second-order valence-corrected chi connectivity index (χ2v) is 9.41. The Bertz CT molecular complexity index is 981. The number of nitrogens with zero attached hydrogens (tertiary/aromatic N) is 5. The molecule has 0 spiro atoms. The van der Waals surface area contributed by atoms with Crippen LogP contribution in [0.1, 0.15) is 50.9 Å². The summed E-state index contributed by atoms with van der Waals surface area (Å²) in [6.07, 6.45) is 0.0762. The minimum absolute atomic E-state index is 0.0162. The fourth-order valence-electron chi connectivity index (χ4n) is 4.87. The van der Waals surface area contributed by atoms with Gasteiger partial charge in [0.05, 0.1) is 25.7 Å². The van der Waals surface area contributed by atoms with Gasteiger partial charge in [-0.3, -0.25) is 14.4 Å². The highest BCUT2D eigenvalue weighted by Crippen LogP contribution is 2.33. The van der Waals surface area contributed by atoms with Gasteiger partial charge in [-0.1, -0.05) is 6.42 Å². The number of alkyl halides is 3. The molecule has 2 atom stereocenters. The number of benzene rings is 1. The first kappa shape index (κ1) is 24.2. The second-order valence-electron chi connectivity index (χ2n) is 9.05. The van der Waals surface area contributed by atoms with Crippen LogP contribution in [0.15, 0.2) is 24.3 Å². The minimum Gasteiger partial charge on any atom is -0.497 e. The maximum atomic E-state index is 13.3. The van der Waals surface area contributed by atoms with Gasteiger partial charge in [0, 0.05) is 12.2 Å². The third-order valence-electron chi connectivity index (χ3n) is 6.81. The van der Waals surface area contributed by atoms with E-state index in [-0.39, 0.29) is 25.7 Å². The zero-order valence-corrected chi connectivity index (χ0v) is 20.0. The number of piperidine rings is 2. The molecule has 3 heterocycles. The van der Waals surface area contributed by atoms with Crippen molar-refractivity contribution in [1.82, 2.24) is 24.1 Å². The fraction of sp³-hybridized carbons (Fsp3) is 0.652. The number of aromatic nitrogens is 3. The molecule has 0 N–H and O–H groups in total. The summed E-state index contributed by atoms with van der Waals surface area (Å²) in [6.45, 7) is 4.99. The predicted octanol–water partition coefficient (Wildman–Crippen LogP) is 5.19. The molecule has 182 valence electrons. The summed E-state index contributed by atoms with van der Waals surface area (Å²) in [4.78, 5) is 4.23. The van der Waals surface area contributed by atoms with Gasteiger partial charge in [-0.2, -0.15) is 18.3 Å². The van der Waals surface area contributed by atoms with E-state index in [1.54, 1.807) is 11.8 Å². The van der Waals surface area contributed by atoms with Gasteiger partial charge in [0.25, 0.3) is 0 Å². The van der Waals surface area contributed by atoms with E-state index < -0.39 is 12.1 Å². The Kier molecular flexibility index (Phi) is 7.45. The smallest absolute Gasteiger partial charge is 0.393 e. The van der Waals surface area contributed by atoms with Gasteiger partial charge in [0.1, 0.15) is 5.75 Å². The molecule has 0 aliphatic carbocycles. The van der Waals surface area contributed by atoms with Crippen LogP contribution in [0.3, 0.4) is 0 Å². The van der Waals surface area contributed by atoms with Gasteiger partial charge >= 0.3 is 6.18 Å². The lowest BCUT2D eigenvalue weighted by Crippen LogP contribution is -2.42. The summed E-state index contributed by atoms with van der Waals surface area (Å²) in [6, 6.07) is 7.67. The predicted molar refractivity (Wildman–Crippen MR) is 123 cm³/mol. The van der Waals surface area contributed by atoms with Crippen molar-refractivity contribution in [1.29, 1.82) is 0 Å². The third kappa shape index (κ3) is 5.44. The molecule has 2 aliphatic heterocycles. The van der Waals surface area contributed by atoms with Crippen molar-refractivity contribution in [2.24, 2.45) is 5.92 Å². The van der Waals surface area contributed by atoms with Gasteiger partial charge in [-0.25, -0.2) is 4.68 Å². The summed E-state index contributed by atoms with van der Waals surface area (Å²) in [7, 11) is 1.62. The lowest BCUT2D eigenvalue weighted by molar-refractivity contribution is -0.188. The molecule has 1 aromatic carbocycles. The molecule has 0 radical (unpaired) electrons. The van der Waals surface area contributed by atoms with Crippen LogP contribution in [-0.2, 0) is 6.67 Å². The largest absolute Gasteiger partial charge is 0.497 e. The average Bonchev–Trinajstić information content (AvgIpc) is 3.14. The van der Waals surface area contributed by atoms with Crippen molar-refractivity contribution < 1.29 is 17.9 Å². The SMILES string of the molecule is COc1ccc(-n2c(C(C)N3CCCCC3)nn(CN3CCCC(C(F)(F)F)C3)c2=S)cc1. The van der Waals surface area contributed by atoms with Crippen LogP contribution in [0, 0.1) is 10.7 Å². The van der Waals surface area contributed by atoms with Crippen LogP contribution in [-0.4, -0.2) is 63.6 Å². The highest BCUT2D eigenvalue weighted by atomic mass is 32.1. The molecule has 0 amide bonds. The number of methoxy groups -OCH3 is 1. The van der Waals surface area contributed by atoms with Gasteiger partial charge in [-0.05, 0) is 88.7 Å². The van der Waals surface area contributed by atoms with Crippen LogP contribution in [0.25, 0.3) is 5.69 Å². The summed E-state index contributed by atoms with van der Waals surface area (Å²) in [5, 5.41) is 4.86. The highest BCUT2D eigenvalue weighted by Gasteiger charge is 2.41. The Labute approximate surface area is 197 Å². The normalized spacial score (nSPS) is 21.8. The second kappa shape index (κ2) is 10.1. The highest BCUT2D eigenvalue weighted by molar-refractivity contribution is 7.71.